The van der Waals surface area contributed by atoms with Gasteiger partial charge in [-0.05, 0) is 24.3 Å². The summed E-state index contributed by atoms with van der Waals surface area (Å²) in [5.74, 6) is -1.63. The molecule has 0 saturated carbocycles. The molecule has 0 saturated heterocycles. The summed E-state index contributed by atoms with van der Waals surface area (Å²) in [5, 5.41) is 11.6. The Labute approximate surface area is 118 Å². The molecule has 0 aliphatic rings. The minimum absolute atomic E-state index is 0.0331. The van der Waals surface area contributed by atoms with E-state index in [1.165, 1.54) is 36.5 Å². The highest BCUT2D eigenvalue weighted by Crippen LogP contribution is 2.19. The fraction of sp³-hybridized carbons (Fsp3) is 0. The van der Waals surface area contributed by atoms with Crippen molar-refractivity contribution in [3.63, 3.8) is 0 Å². The van der Waals surface area contributed by atoms with Gasteiger partial charge in [-0.1, -0.05) is 11.6 Å². The number of carbonyl (C=O) groups is 2. The van der Waals surface area contributed by atoms with Crippen LogP contribution in [0.5, 0.6) is 0 Å². The van der Waals surface area contributed by atoms with Gasteiger partial charge in [-0.2, -0.15) is 0 Å². The molecule has 0 unspecified atom stereocenters. The van der Waals surface area contributed by atoms with Crippen molar-refractivity contribution in [2.75, 3.05) is 5.32 Å². The molecule has 0 aliphatic heterocycles. The third-order valence-electron chi connectivity index (χ3n) is 2.45. The predicted octanol–water partition coefficient (Wildman–Crippen LogP) is 1.98. The Balaban J connectivity index is 2.25. The number of rotatable bonds is 3. The van der Waals surface area contributed by atoms with Crippen LogP contribution in [0.1, 0.15) is 20.7 Å². The first-order chi connectivity index (χ1) is 9.45. The number of benzene rings is 1. The molecule has 20 heavy (non-hydrogen) atoms. The first-order valence-electron chi connectivity index (χ1n) is 5.50. The average molecular weight is 293 g/mol. The van der Waals surface area contributed by atoms with Gasteiger partial charge in [0.05, 0.1) is 11.1 Å². The van der Waals surface area contributed by atoms with Gasteiger partial charge in [0.2, 0.25) is 5.56 Å². The zero-order chi connectivity index (χ0) is 14.7. The van der Waals surface area contributed by atoms with Crippen LogP contribution in [0.3, 0.4) is 0 Å². The number of H-pyrrole nitrogens is 1. The van der Waals surface area contributed by atoms with E-state index < -0.39 is 11.9 Å². The second-order valence-corrected chi connectivity index (χ2v) is 4.37. The number of carbonyl (C=O) groups excluding carboxylic acids is 1. The van der Waals surface area contributed by atoms with Crippen molar-refractivity contribution in [2.24, 2.45) is 0 Å². The number of nitrogens with one attached hydrogen (secondary N) is 2. The summed E-state index contributed by atoms with van der Waals surface area (Å²) in [6.07, 6.45) is 1.26. The third kappa shape index (κ3) is 3.24. The standard InChI is InChI=1S/C13H9ClN2O4/c14-9-3-8(13(19)20)4-10(5-9)16-12(18)7-1-2-11(17)15-6-7/h1-6H,(H,15,17)(H,16,18)(H,19,20). The monoisotopic (exact) mass is 292 g/mol. The molecule has 6 nitrogen and oxygen atoms in total. The number of aromatic nitrogens is 1. The van der Waals surface area contributed by atoms with Gasteiger partial charge in [0.1, 0.15) is 0 Å². The SMILES string of the molecule is O=C(O)c1cc(Cl)cc(NC(=O)c2ccc(=O)[nH]c2)c1. The molecule has 1 aromatic heterocycles. The summed E-state index contributed by atoms with van der Waals surface area (Å²) >= 11 is 5.78. The smallest absolute Gasteiger partial charge is 0.335 e. The Bertz CT molecular complexity index is 719. The van der Waals surface area contributed by atoms with Gasteiger partial charge in [-0.3, -0.25) is 9.59 Å². The number of aromatic amines is 1. The summed E-state index contributed by atoms with van der Waals surface area (Å²) < 4.78 is 0. The quantitative estimate of drug-likeness (QED) is 0.805. The molecule has 7 heteroatoms. The number of anilines is 1. The van der Waals surface area contributed by atoms with Crippen molar-refractivity contribution in [3.05, 3.63) is 63.0 Å². The van der Waals surface area contributed by atoms with E-state index in [1.54, 1.807) is 0 Å². The molecular weight excluding hydrogens is 284 g/mol. The number of hydrogen-bond acceptors (Lipinski definition) is 3. The molecule has 3 N–H and O–H groups in total. The average Bonchev–Trinajstić information content (AvgIpc) is 2.38. The molecule has 0 fully saturated rings. The second-order valence-electron chi connectivity index (χ2n) is 3.93. The molecule has 1 aromatic carbocycles. The Morgan fingerprint density at radius 3 is 2.50 bits per heavy atom. The molecule has 102 valence electrons. The fourth-order valence-electron chi connectivity index (χ4n) is 1.54. The van der Waals surface area contributed by atoms with Gasteiger partial charge >= 0.3 is 5.97 Å². The number of amides is 1. The van der Waals surface area contributed by atoms with Crippen molar-refractivity contribution in [1.82, 2.24) is 4.98 Å². The highest BCUT2D eigenvalue weighted by molar-refractivity contribution is 6.31. The maximum absolute atomic E-state index is 11.9. The van der Waals surface area contributed by atoms with Crippen LogP contribution < -0.4 is 10.9 Å². The van der Waals surface area contributed by atoms with Crippen LogP contribution in [0.15, 0.2) is 41.3 Å². The minimum atomic E-state index is -1.15. The van der Waals surface area contributed by atoms with E-state index in [0.29, 0.717) is 0 Å². The van der Waals surface area contributed by atoms with E-state index in [2.05, 4.69) is 10.3 Å². The summed E-state index contributed by atoms with van der Waals surface area (Å²) in [6.45, 7) is 0. The molecule has 2 aromatic rings. The number of pyridine rings is 1. The van der Waals surface area contributed by atoms with Crippen LogP contribution in [-0.2, 0) is 0 Å². The Hall–Kier alpha value is -2.60. The molecule has 1 amide bonds. The Morgan fingerprint density at radius 1 is 1.15 bits per heavy atom. The largest absolute Gasteiger partial charge is 0.478 e. The highest BCUT2D eigenvalue weighted by atomic mass is 35.5. The molecule has 1 heterocycles. The fourth-order valence-corrected chi connectivity index (χ4v) is 1.78. The van der Waals surface area contributed by atoms with E-state index in [4.69, 9.17) is 16.7 Å². The molecular formula is C13H9ClN2O4. The molecule has 0 bridgehead atoms. The lowest BCUT2D eigenvalue weighted by Gasteiger charge is -2.06. The normalized spacial score (nSPS) is 10.1. The van der Waals surface area contributed by atoms with Crippen molar-refractivity contribution in [3.8, 4) is 0 Å². The van der Waals surface area contributed by atoms with Crippen LogP contribution in [0.2, 0.25) is 5.02 Å². The van der Waals surface area contributed by atoms with E-state index in [9.17, 15) is 14.4 Å². The summed E-state index contributed by atoms with van der Waals surface area (Å²) in [4.78, 5) is 36.0. The van der Waals surface area contributed by atoms with Gasteiger partial charge in [-0.15, -0.1) is 0 Å². The number of hydrogen-bond donors (Lipinski definition) is 3. The van der Waals surface area contributed by atoms with E-state index >= 15 is 0 Å². The van der Waals surface area contributed by atoms with E-state index in [1.807, 2.05) is 0 Å². The third-order valence-corrected chi connectivity index (χ3v) is 2.67. The Kier molecular flexibility index (Phi) is 3.86. The summed E-state index contributed by atoms with van der Waals surface area (Å²) in [7, 11) is 0. The zero-order valence-electron chi connectivity index (χ0n) is 10.0. The van der Waals surface area contributed by atoms with Crippen molar-refractivity contribution < 1.29 is 14.7 Å². The maximum atomic E-state index is 11.9. The zero-order valence-corrected chi connectivity index (χ0v) is 10.8. The van der Waals surface area contributed by atoms with Crippen LogP contribution in [-0.4, -0.2) is 22.0 Å². The topological polar surface area (TPSA) is 99.3 Å². The second kappa shape index (κ2) is 5.58. The highest BCUT2D eigenvalue weighted by Gasteiger charge is 2.10. The lowest BCUT2D eigenvalue weighted by molar-refractivity contribution is 0.0696. The molecule has 0 radical (unpaired) electrons. The first kappa shape index (κ1) is 13.8. The number of carboxylic acid groups (broad SMARTS) is 1. The van der Waals surface area contributed by atoms with Gasteiger partial charge in [-0.25, -0.2) is 4.79 Å². The summed E-state index contributed by atoms with van der Waals surface area (Å²) in [5.41, 5.74) is 0.138. The molecule has 0 spiro atoms. The number of carboxylic acids is 1. The van der Waals surface area contributed by atoms with Crippen LogP contribution in [0.25, 0.3) is 0 Å². The first-order valence-corrected chi connectivity index (χ1v) is 5.87. The maximum Gasteiger partial charge on any atom is 0.335 e. The molecule has 0 atom stereocenters. The molecule has 2 rings (SSSR count). The van der Waals surface area contributed by atoms with Crippen LogP contribution >= 0.6 is 11.6 Å². The van der Waals surface area contributed by atoms with Gasteiger partial charge in [0.25, 0.3) is 5.91 Å². The molecule has 0 aliphatic carbocycles. The van der Waals surface area contributed by atoms with Crippen molar-refractivity contribution in [1.29, 1.82) is 0 Å². The van der Waals surface area contributed by atoms with E-state index in [-0.39, 0.29) is 27.4 Å². The van der Waals surface area contributed by atoms with Crippen molar-refractivity contribution in [2.45, 2.75) is 0 Å². The van der Waals surface area contributed by atoms with Crippen LogP contribution in [0, 0.1) is 0 Å². The van der Waals surface area contributed by atoms with E-state index in [0.717, 1.165) is 0 Å². The lowest BCUT2D eigenvalue weighted by atomic mass is 10.2. The minimum Gasteiger partial charge on any atom is -0.478 e. The Morgan fingerprint density at radius 2 is 1.90 bits per heavy atom. The van der Waals surface area contributed by atoms with Crippen molar-refractivity contribution >= 4 is 29.2 Å². The van der Waals surface area contributed by atoms with Crippen LogP contribution in [0.4, 0.5) is 5.69 Å². The predicted molar refractivity (Wildman–Crippen MR) is 73.4 cm³/mol. The lowest BCUT2D eigenvalue weighted by Crippen LogP contribution is -2.15. The van der Waals surface area contributed by atoms with Gasteiger partial charge < -0.3 is 15.4 Å². The van der Waals surface area contributed by atoms with Gasteiger partial charge in [0.15, 0.2) is 0 Å². The number of aromatic carboxylic acids is 1. The van der Waals surface area contributed by atoms with Gasteiger partial charge in [0, 0.05) is 23.0 Å². The summed E-state index contributed by atoms with van der Waals surface area (Å²) in [6, 6.07) is 6.57. The number of halogens is 1.